The lowest BCUT2D eigenvalue weighted by atomic mass is 10.2. The minimum Gasteiger partial charge on any atom is -0.286 e. The highest BCUT2D eigenvalue weighted by Crippen LogP contribution is 2.16. The van der Waals surface area contributed by atoms with Gasteiger partial charge in [0.2, 0.25) is 0 Å². The average Bonchev–Trinajstić information content (AvgIpc) is 2.16. The monoisotopic (exact) mass is 174 g/mol. The summed E-state index contributed by atoms with van der Waals surface area (Å²) in [7, 11) is 4.33. The van der Waals surface area contributed by atoms with Gasteiger partial charge in [0.05, 0.1) is 14.1 Å². The Bertz CT molecular complexity index is 314. The molecule has 1 nitrogen and oxygen atoms in total. The lowest BCUT2D eigenvalue weighted by molar-refractivity contribution is 0.448. The van der Waals surface area contributed by atoms with Crippen LogP contribution in [-0.2, 0) is 0 Å². The molecule has 0 atom stereocenters. The van der Waals surface area contributed by atoms with Crippen molar-refractivity contribution in [3.05, 3.63) is 30.3 Å². The highest BCUT2D eigenvalue weighted by Gasteiger charge is 2.15. The molecule has 68 valence electrons. The molecule has 0 radical (unpaired) electrons. The summed E-state index contributed by atoms with van der Waals surface area (Å²) in [4.78, 5) is 0. The maximum absolute atomic E-state index is 3.11. The molecule has 0 bridgehead atoms. The van der Waals surface area contributed by atoms with Crippen molar-refractivity contribution in [3.63, 3.8) is 0 Å². The van der Waals surface area contributed by atoms with Gasteiger partial charge in [-0.15, -0.1) is 5.92 Å². The lowest BCUT2D eigenvalue weighted by Gasteiger charge is -2.26. The first-order valence-electron chi connectivity index (χ1n) is 4.45. The summed E-state index contributed by atoms with van der Waals surface area (Å²) in [5, 5.41) is 0. The molecule has 1 aromatic rings. The van der Waals surface area contributed by atoms with Crippen LogP contribution in [0.3, 0.4) is 0 Å². The molecule has 0 aliphatic carbocycles. The van der Waals surface area contributed by atoms with Gasteiger partial charge in [0.1, 0.15) is 12.2 Å². The van der Waals surface area contributed by atoms with E-state index in [1.807, 2.05) is 13.0 Å². The molecule has 0 heterocycles. The maximum atomic E-state index is 3.11. The van der Waals surface area contributed by atoms with Crippen molar-refractivity contribution >= 4 is 5.69 Å². The smallest absolute Gasteiger partial charge is 0.145 e. The van der Waals surface area contributed by atoms with Crippen LogP contribution < -0.4 is 4.48 Å². The molecule has 0 amide bonds. The SMILES string of the molecule is CC#CC[N+](C)(C)c1ccccc1. The van der Waals surface area contributed by atoms with Gasteiger partial charge in [-0.2, -0.15) is 0 Å². The topological polar surface area (TPSA) is 0 Å². The van der Waals surface area contributed by atoms with Crippen molar-refractivity contribution in [1.29, 1.82) is 0 Å². The molecule has 0 fully saturated rings. The van der Waals surface area contributed by atoms with Gasteiger partial charge in [-0.05, 0) is 25.0 Å². The third kappa shape index (κ3) is 2.61. The van der Waals surface area contributed by atoms with Crippen LogP contribution in [0, 0.1) is 11.8 Å². The predicted molar refractivity (Wildman–Crippen MR) is 58.4 cm³/mol. The molecular weight excluding hydrogens is 158 g/mol. The zero-order valence-corrected chi connectivity index (χ0v) is 8.54. The quantitative estimate of drug-likeness (QED) is 0.476. The summed E-state index contributed by atoms with van der Waals surface area (Å²) < 4.78 is 0.821. The second-order valence-electron chi connectivity index (χ2n) is 3.61. The molecule has 13 heavy (non-hydrogen) atoms. The number of para-hydroxylation sites is 1. The number of hydrogen-bond donors (Lipinski definition) is 0. The molecule has 0 aliphatic heterocycles. The van der Waals surface area contributed by atoms with Crippen LogP contribution >= 0.6 is 0 Å². The number of rotatable bonds is 2. The lowest BCUT2D eigenvalue weighted by Crippen LogP contribution is -2.40. The van der Waals surface area contributed by atoms with Gasteiger partial charge < -0.3 is 0 Å². The molecule has 0 saturated carbocycles. The highest BCUT2D eigenvalue weighted by atomic mass is 15.3. The Labute approximate surface area is 80.6 Å². The summed E-state index contributed by atoms with van der Waals surface area (Å²) in [5.41, 5.74) is 1.30. The Morgan fingerprint density at radius 1 is 1.15 bits per heavy atom. The van der Waals surface area contributed by atoms with E-state index in [1.54, 1.807) is 0 Å². The summed E-state index contributed by atoms with van der Waals surface area (Å²) in [5.74, 6) is 6.04. The number of benzene rings is 1. The first-order chi connectivity index (χ1) is 6.17. The van der Waals surface area contributed by atoms with Crippen LogP contribution in [0.1, 0.15) is 6.92 Å². The molecule has 0 saturated heterocycles. The fourth-order valence-corrected chi connectivity index (χ4v) is 1.20. The van der Waals surface area contributed by atoms with Crippen LogP contribution in [0.5, 0.6) is 0 Å². The first kappa shape index (κ1) is 9.83. The van der Waals surface area contributed by atoms with E-state index in [9.17, 15) is 0 Å². The number of nitrogens with zero attached hydrogens (tertiary/aromatic N) is 1. The van der Waals surface area contributed by atoms with E-state index in [4.69, 9.17) is 0 Å². The summed E-state index contributed by atoms with van der Waals surface area (Å²) in [6.07, 6.45) is 0. The van der Waals surface area contributed by atoms with E-state index < -0.39 is 0 Å². The van der Waals surface area contributed by atoms with Gasteiger partial charge >= 0.3 is 0 Å². The maximum Gasteiger partial charge on any atom is 0.145 e. The van der Waals surface area contributed by atoms with Crippen molar-refractivity contribution in [2.45, 2.75) is 6.92 Å². The molecular formula is C12H16N+. The Morgan fingerprint density at radius 3 is 2.31 bits per heavy atom. The highest BCUT2D eigenvalue weighted by molar-refractivity contribution is 5.42. The Balaban J connectivity index is 2.85. The van der Waals surface area contributed by atoms with Crippen LogP contribution in [0.15, 0.2) is 30.3 Å². The molecule has 0 aromatic heterocycles. The van der Waals surface area contributed by atoms with Gasteiger partial charge in [-0.1, -0.05) is 18.2 Å². The van der Waals surface area contributed by atoms with E-state index in [0.29, 0.717) is 0 Å². The molecule has 0 N–H and O–H groups in total. The van der Waals surface area contributed by atoms with Gasteiger partial charge in [0.15, 0.2) is 0 Å². The third-order valence-electron chi connectivity index (χ3n) is 2.11. The zero-order chi connectivity index (χ0) is 9.73. The van der Waals surface area contributed by atoms with Crippen LogP contribution in [0.2, 0.25) is 0 Å². The van der Waals surface area contributed by atoms with Crippen LogP contribution in [0.4, 0.5) is 5.69 Å². The third-order valence-corrected chi connectivity index (χ3v) is 2.11. The van der Waals surface area contributed by atoms with E-state index in [-0.39, 0.29) is 0 Å². The fourth-order valence-electron chi connectivity index (χ4n) is 1.20. The number of hydrogen-bond acceptors (Lipinski definition) is 0. The summed E-state index contributed by atoms with van der Waals surface area (Å²) in [6, 6.07) is 10.4. The predicted octanol–water partition coefficient (Wildman–Crippen LogP) is 2.28. The Kier molecular flexibility index (Phi) is 3.11. The molecule has 0 unspecified atom stereocenters. The number of quaternary nitrogens is 1. The van der Waals surface area contributed by atoms with Gasteiger partial charge in [0, 0.05) is 0 Å². The van der Waals surface area contributed by atoms with E-state index in [0.717, 1.165) is 11.0 Å². The van der Waals surface area contributed by atoms with Gasteiger partial charge in [-0.3, -0.25) is 4.48 Å². The summed E-state index contributed by atoms with van der Waals surface area (Å²) in [6.45, 7) is 2.74. The minimum absolute atomic E-state index is 0.821. The van der Waals surface area contributed by atoms with Gasteiger partial charge in [0.25, 0.3) is 0 Å². The van der Waals surface area contributed by atoms with Crippen molar-refractivity contribution in [1.82, 2.24) is 4.48 Å². The first-order valence-corrected chi connectivity index (χ1v) is 4.45. The van der Waals surface area contributed by atoms with E-state index >= 15 is 0 Å². The van der Waals surface area contributed by atoms with Crippen LogP contribution in [0.25, 0.3) is 0 Å². The largest absolute Gasteiger partial charge is 0.286 e. The minimum atomic E-state index is 0.821. The van der Waals surface area contributed by atoms with Crippen LogP contribution in [-0.4, -0.2) is 20.6 Å². The normalized spacial score (nSPS) is 10.4. The molecule has 1 rings (SSSR count). The van der Waals surface area contributed by atoms with Crippen molar-refractivity contribution < 1.29 is 0 Å². The standard InChI is InChI=1S/C12H16N/c1-4-5-11-13(2,3)12-9-7-6-8-10-12/h6-10H,11H2,1-3H3/q+1. The van der Waals surface area contributed by atoms with E-state index in [2.05, 4.69) is 50.2 Å². The van der Waals surface area contributed by atoms with Crippen molar-refractivity contribution in [3.8, 4) is 11.8 Å². The molecule has 0 aliphatic rings. The fraction of sp³-hybridized carbons (Fsp3) is 0.333. The average molecular weight is 174 g/mol. The second-order valence-corrected chi connectivity index (χ2v) is 3.61. The molecule has 1 heteroatoms. The van der Waals surface area contributed by atoms with Crippen molar-refractivity contribution in [2.75, 3.05) is 20.6 Å². The van der Waals surface area contributed by atoms with Gasteiger partial charge in [-0.25, -0.2) is 0 Å². The zero-order valence-electron chi connectivity index (χ0n) is 8.54. The Morgan fingerprint density at radius 2 is 1.77 bits per heavy atom. The molecule has 1 aromatic carbocycles. The van der Waals surface area contributed by atoms with E-state index in [1.165, 1.54) is 5.69 Å². The summed E-state index contributed by atoms with van der Waals surface area (Å²) >= 11 is 0. The van der Waals surface area contributed by atoms with Crippen molar-refractivity contribution in [2.24, 2.45) is 0 Å². The molecule has 0 spiro atoms. The second kappa shape index (κ2) is 4.11. The Hall–Kier alpha value is -1.26.